The van der Waals surface area contributed by atoms with E-state index in [9.17, 15) is 4.79 Å². The number of ether oxygens (including phenoxy) is 1. The highest BCUT2D eigenvalue weighted by Gasteiger charge is 2.57. The number of nitrogens with one attached hydrogen (secondary N) is 2. The molecule has 0 radical (unpaired) electrons. The maximum Gasteiger partial charge on any atom is 0.224 e. The van der Waals surface area contributed by atoms with Crippen molar-refractivity contribution >= 4 is 5.91 Å². The van der Waals surface area contributed by atoms with Gasteiger partial charge in [-0.05, 0) is 69.5 Å². The Balaban J connectivity index is 1.54. The third-order valence-corrected chi connectivity index (χ3v) is 4.75. The molecule has 0 spiro atoms. The van der Waals surface area contributed by atoms with Crippen LogP contribution in [0.2, 0.25) is 0 Å². The number of piperidine rings is 1. The van der Waals surface area contributed by atoms with Crippen molar-refractivity contribution in [3.8, 4) is 11.8 Å². The van der Waals surface area contributed by atoms with Gasteiger partial charge in [0.15, 0.2) is 0 Å². The van der Waals surface area contributed by atoms with Crippen molar-refractivity contribution in [1.29, 1.82) is 5.26 Å². The summed E-state index contributed by atoms with van der Waals surface area (Å²) >= 11 is 0. The Bertz CT molecular complexity index is 653. The van der Waals surface area contributed by atoms with E-state index in [-0.39, 0.29) is 11.8 Å². The molecule has 1 saturated heterocycles. The maximum absolute atomic E-state index is 12.4. The molecule has 2 aliphatic rings. The number of carbonyl (C=O) groups is 1. The SMILES string of the molecule is Cc1cc(C#N)ccc1OCC(C)(C)NC(=O)[C@H]1[C@@H]2CNC[C@@H]21. The van der Waals surface area contributed by atoms with Crippen LogP contribution < -0.4 is 15.4 Å². The van der Waals surface area contributed by atoms with Gasteiger partial charge in [-0.3, -0.25) is 4.79 Å². The number of carbonyl (C=O) groups excluding carboxylic acids is 1. The smallest absolute Gasteiger partial charge is 0.224 e. The molecule has 0 bridgehead atoms. The topological polar surface area (TPSA) is 74.1 Å². The van der Waals surface area contributed by atoms with E-state index in [0.717, 1.165) is 24.4 Å². The summed E-state index contributed by atoms with van der Waals surface area (Å²) in [6.45, 7) is 8.18. The van der Waals surface area contributed by atoms with E-state index in [1.54, 1.807) is 12.1 Å². The van der Waals surface area contributed by atoms with Crippen LogP contribution in [0.3, 0.4) is 0 Å². The normalized spacial score (nSPS) is 25.4. The lowest BCUT2D eigenvalue weighted by atomic mass is 10.1. The monoisotopic (exact) mass is 313 g/mol. The van der Waals surface area contributed by atoms with Crippen molar-refractivity contribution in [2.75, 3.05) is 19.7 Å². The van der Waals surface area contributed by atoms with Gasteiger partial charge in [0.25, 0.3) is 0 Å². The van der Waals surface area contributed by atoms with Gasteiger partial charge in [0, 0.05) is 5.92 Å². The van der Waals surface area contributed by atoms with Crippen LogP contribution in [0.15, 0.2) is 18.2 Å². The number of benzene rings is 1. The molecule has 3 rings (SSSR count). The molecular weight excluding hydrogens is 290 g/mol. The van der Waals surface area contributed by atoms with Gasteiger partial charge in [-0.15, -0.1) is 0 Å². The van der Waals surface area contributed by atoms with Crippen LogP contribution in [-0.4, -0.2) is 31.1 Å². The summed E-state index contributed by atoms with van der Waals surface area (Å²) in [6, 6.07) is 7.47. The molecule has 5 heteroatoms. The van der Waals surface area contributed by atoms with Crippen LogP contribution in [-0.2, 0) is 4.79 Å². The van der Waals surface area contributed by atoms with Gasteiger partial charge in [-0.25, -0.2) is 0 Å². The van der Waals surface area contributed by atoms with E-state index in [2.05, 4.69) is 16.7 Å². The van der Waals surface area contributed by atoms with Crippen LogP contribution in [0.4, 0.5) is 0 Å². The second-order valence-corrected chi connectivity index (χ2v) is 7.27. The number of amides is 1. The summed E-state index contributed by atoms with van der Waals surface area (Å²) in [7, 11) is 0. The molecule has 23 heavy (non-hydrogen) atoms. The summed E-state index contributed by atoms with van der Waals surface area (Å²) in [6.07, 6.45) is 0. The number of hydrogen-bond acceptors (Lipinski definition) is 4. The standard InChI is InChI=1S/C18H23N3O2/c1-11-6-12(7-19)4-5-15(11)23-10-18(2,3)21-17(22)16-13-8-20-9-14(13)16/h4-6,13-14,16,20H,8-10H2,1-3H3,(H,21,22)/t13-,14+,16+. The zero-order valence-corrected chi connectivity index (χ0v) is 13.8. The third-order valence-electron chi connectivity index (χ3n) is 4.75. The Kier molecular flexibility index (Phi) is 4.03. The lowest BCUT2D eigenvalue weighted by molar-refractivity contribution is -0.125. The first kappa shape index (κ1) is 15.8. The molecule has 1 heterocycles. The van der Waals surface area contributed by atoms with Crippen molar-refractivity contribution in [1.82, 2.24) is 10.6 Å². The quantitative estimate of drug-likeness (QED) is 0.866. The van der Waals surface area contributed by atoms with Crippen molar-refractivity contribution in [3.05, 3.63) is 29.3 Å². The molecule has 0 unspecified atom stereocenters. The second-order valence-electron chi connectivity index (χ2n) is 7.27. The van der Waals surface area contributed by atoms with Crippen molar-refractivity contribution in [2.24, 2.45) is 17.8 Å². The Morgan fingerprint density at radius 3 is 2.74 bits per heavy atom. The molecular formula is C18H23N3O2. The molecule has 3 atom stereocenters. The number of nitriles is 1. The molecule has 122 valence electrons. The van der Waals surface area contributed by atoms with Gasteiger partial charge >= 0.3 is 0 Å². The number of aryl methyl sites for hydroxylation is 1. The number of nitrogens with zero attached hydrogens (tertiary/aromatic N) is 1. The van der Waals surface area contributed by atoms with E-state index in [1.807, 2.05) is 26.8 Å². The molecule has 1 saturated carbocycles. The fourth-order valence-corrected chi connectivity index (χ4v) is 3.40. The van der Waals surface area contributed by atoms with E-state index < -0.39 is 5.54 Å². The molecule has 0 aromatic heterocycles. The predicted molar refractivity (Wildman–Crippen MR) is 87.0 cm³/mol. The minimum atomic E-state index is -0.429. The van der Waals surface area contributed by atoms with Crippen LogP contribution >= 0.6 is 0 Å². The second kappa shape index (κ2) is 5.86. The highest BCUT2D eigenvalue weighted by Crippen LogP contribution is 2.48. The van der Waals surface area contributed by atoms with Crippen molar-refractivity contribution < 1.29 is 9.53 Å². The van der Waals surface area contributed by atoms with Gasteiger partial charge < -0.3 is 15.4 Å². The zero-order chi connectivity index (χ0) is 16.6. The molecule has 1 aromatic carbocycles. The molecule has 2 fully saturated rings. The summed E-state index contributed by atoms with van der Waals surface area (Å²) in [5, 5.41) is 15.3. The van der Waals surface area contributed by atoms with Gasteiger partial charge in [-0.1, -0.05) is 0 Å². The Morgan fingerprint density at radius 1 is 1.43 bits per heavy atom. The lowest BCUT2D eigenvalue weighted by Crippen LogP contribution is -2.49. The number of hydrogen-bond donors (Lipinski definition) is 2. The van der Waals surface area contributed by atoms with Gasteiger partial charge in [-0.2, -0.15) is 5.26 Å². The summed E-state index contributed by atoms with van der Waals surface area (Å²) < 4.78 is 5.86. The molecule has 1 aliphatic carbocycles. The average molecular weight is 313 g/mol. The van der Waals surface area contributed by atoms with Crippen molar-refractivity contribution in [3.63, 3.8) is 0 Å². The first-order valence-corrected chi connectivity index (χ1v) is 8.07. The van der Waals surface area contributed by atoms with Gasteiger partial charge in [0.1, 0.15) is 12.4 Å². The average Bonchev–Trinajstić information content (AvgIpc) is 2.99. The minimum absolute atomic E-state index is 0.145. The lowest BCUT2D eigenvalue weighted by Gasteiger charge is -2.27. The first-order chi connectivity index (χ1) is 10.9. The molecule has 2 N–H and O–H groups in total. The van der Waals surface area contributed by atoms with Crippen LogP contribution in [0, 0.1) is 36.0 Å². The van der Waals surface area contributed by atoms with E-state index in [1.165, 1.54) is 0 Å². The maximum atomic E-state index is 12.4. The minimum Gasteiger partial charge on any atom is -0.491 e. The predicted octanol–water partition coefficient (Wildman–Crippen LogP) is 1.61. The Labute approximate surface area is 137 Å². The van der Waals surface area contributed by atoms with Gasteiger partial charge in [0.05, 0.1) is 17.2 Å². The van der Waals surface area contributed by atoms with E-state index in [4.69, 9.17) is 10.00 Å². The fourth-order valence-electron chi connectivity index (χ4n) is 3.40. The summed E-state index contributed by atoms with van der Waals surface area (Å²) in [4.78, 5) is 12.4. The van der Waals surface area contributed by atoms with Gasteiger partial charge in [0.2, 0.25) is 5.91 Å². The Hall–Kier alpha value is -2.06. The van der Waals surface area contributed by atoms with Crippen molar-refractivity contribution in [2.45, 2.75) is 26.3 Å². The molecule has 1 aromatic rings. The molecule has 5 nitrogen and oxygen atoms in total. The summed E-state index contributed by atoms with van der Waals surface area (Å²) in [5.74, 6) is 2.11. The fraction of sp³-hybridized carbons (Fsp3) is 0.556. The third kappa shape index (κ3) is 3.32. The highest BCUT2D eigenvalue weighted by molar-refractivity contribution is 5.83. The zero-order valence-electron chi connectivity index (χ0n) is 13.8. The first-order valence-electron chi connectivity index (χ1n) is 8.07. The molecule has 1 aliphatic heterocycles. The summed E-state index contributed by atoms with van der Waals surface area (Å²) in [5.41, 5.74) is 1.12. The molecule has 1 amide bonds. The number of rotatable bonds is 5. The Morgan fingerprint density at radius 2 is 2.13 bits per heavy atom. The van der Waals surface area contributed by atoms with Crippen LogP contribution in [0.5, 0.6) is 5.75 Å². The number of fused-ring (bicyclic) bond motifs is 1. The largest absolute Gasteiger partial charge is 0.491 e. The van der Waals surface area contributed by atoms with Crippen LogP contribution in [0.25, 0.3) is 0 Å². The van der Waals surface area contributed by atoms with Crippen LogP contribution in [0.1, 0.15) is 25.0 Å². The van der Waals surface area contributed by atoms with E-state index >= 15 is 0 Å². The van der Waals surface area contributed by atoms with E-state index in [0.29, 0.717) is 24.0 Å². The highest BCUT2D eigenvalue weighted by atomic mass is 16.5.